The molecule has 0 aliphatic heterocycles. The standard InChI is InChI=1S/C32H37N3O6S/c1-21(2)41-27(20-33-42(39,40)28-15-13-26(14-16-28)34-22(3)36)18-25(17-23-9-5-4-6-10-23)32(38)35-31-29-12-8-7-11-24(29)19-30(31)37/h4-16,25,27,30-31,33,37H,1,17-20H2,2-3H3,(H,34,36)(H,35,38). The normalized spacial score (nSPS) is 17.5. The van der Waals surface area contributed by atoms with Gasteiger partial charge in [-0.3, -0.25) is 9.59 Å². The molecule has 0 fully saturated rings. The van der Waals surface area contributed by atoms with Crippen LogP contribution in [0.1, 0.15) is 43.0 Å². The maximum Gasteiger partial charge on any atom is 0.240 e. The summed E-state index contributed by atoms with van der Waals surface area (Å²) in [6.07, 6.45) is -0.391. The molecule has 3 aromatic rings. The Balaban J connectivity index is 1.51. The minimum absolute atomic E-state index is 0.0261. The number of anilines is 1. The van der Waals surface area contributed by atoms with Crippen LogP contribution in [0.5, 0.6) is 0 Å². The number of carbonyl (C=O) groups excluding carboxylic acids is 2. The van der Waals surface area contributed by atoms with Crippen molar-refractivity contribution in [1.29, 1.82) is 0 Å². The number of benzene rings is 3. The van der Waals surface area contributed by atoms with E-state index in [0.29, 0.717) is 24.3 Å². The molecule has 0 radical (unpaired) electrons. The number of sulfonamides is 1. The maximum absolute atomic E-state index is 13.7. The monoisotopic (exact) mass is 591 g/mol. The van der Waals surface area contributed by atoms with Crippen LogP contribution in [0.15, 0.2) is 96.1 Å². The summed E-state index contributed by atoms with van der Waals surface area (Å²) in [7, 11) is -3.92. The van der Waals surface area contributed by atoms with Crippen molar-refractivity contribution in [2.75, 3.05) is 11.9 Å². The van der Waals surface area contributed by atoms with Crippen molar-refractivity contribution in [1.82, 2.24) is 10.0 Å². The Kier molecular flexibility index (Phi) is 10.2. The third-order valence-electron chi connectivity index (χ3n) is 7.10. The summed E-state index contributed by atoms with van der Waals surface area (Å²) in [5, 5.41) is 16.4. The van der Waals surface area contributed by atoms with Crippen molar-refractivity contribution in [2.24, 2.45) is 5.92 Å². The van der Waals surface area contributed by atoms with Gasteiger partial charge in [-0.2, -0.15) is 0 Å². The molecule has 222 valence electrons. The number of fused-ring (bicyclic) bond motifs is 1. The first-order valence-electron chi connectivity index (χ1n) is 13.8. The number of ether oxygens (including phenoxy) is 1. The quantitative estimate of drug-likeness (QED) is 0.223. The van der Waals surface area contributed by atoms with Gasteiger partial charge in [0.2, 0.25) is 21.8 Å². The molecule has 0 saturated heterocycles. The number of nitrogens with one attached hydrogen (secondary N) is 3. The summed E-state index contributed by atoms with van der Waals surface area (Å²) < 4.78 is 34.6. The Bertz CT molecular complexity index is 1510. The lowest BCUT2D eigenvalue weighted by molar-refractivity contribution is -0.127. The highest BCUT2D eigenvalue weighted by Gasteiger charge is 2.34. The smallest absolute Gasteiger partial charge is 0.240 e. The van der Waals surface area contributed by atoms with E-state index in [2.05, 4.69) is 21.9 Å². The average Bonchev–Trinajstić information content (AvgIpc) is 3.26. The molecule has 9 nitrogen and oxygen atoms in total. The van der Waals surface area contributed by atoms with Gasteiger partial charge in [0.1, 0.15) is 6.10 Å². The highest BCUT2D eigenvalue weighted by molar-refractivity contribution is 7.89. The summed E-state index contributed by atoms with van der Waals surface area (Å²) in [6, 6.07) is 22.5. The number of aliphatic hydroxyl groups excluding tert-OH is 1. The van der Waals surface area contributed by atoms with Crippen LogP contribution in [0.3, 0.4) is 0 Å². The van der Waals surface area contributed by atoms with Crippen molar-refractivity contribution >= 4 is 27.5 Å². The van der Waals surface area contributed by atoms with E-state index in [1.807, 2.05) is 54.6 Å². The first-order valence-corrected chi connectivity index (χ1v) is 15.3. The van der Waals surface area contributed by atoms with Gasteiger partial charge in [0.25, 0.3) is 0 Å². The van der Waals surface area contributed by atoms with Crippen molar-refractivity contribution < 1.29 is 27.9 Å². The second-order valence-electron chi connectivity index (χ2n) is 10.6. The first kappa shape index (κ1) is 31.0. The van der Waals surface area contributed by atoms with Gasteiger partial charge in [-0.15, -0.1) is 0 Å². The van der Waals surface area contributed by atoms with Crippen LogP contribution in [0.2, 0.25) is 0 Å². The Morgan fingerprint density at radius 1 is 1.00 bits per heavy atom. The predicted molar refractivity (Wildman–Crippen MR) is 161 cm³/mol. The fourth-order valence-corrected chi connectivity index (χ4v) is 6.25. The topological polar surface area (TPSA) is 134 Å². The largest absolute Gasteiger partial charge is 0.494 e. The van der Waals surface area contributed by atoms with Gasteiger partial charge < -0.3 is 20.5 Å². The van der Waals surface area contributed by atoms with Gasteiger partial charge >= 0.3 is 0 Å². The molecule has 1 aliphatic rings. The number of rotatable bonds is 13. The lowest BCUT2D eigenvalue weighted by atomic mass is 9.92. The minimum Gasteiger partial charge on any atom is -0.494 e. The first-order chi connectivity index (χ1) is 20.0. The number of allylic oxidation sites excluding steroid dienone is 1. The summed E-state index contributed by atoms with van der Waals surface area (Å²) in [4.78, 5) is 25.0. The fraction of sp³-hybridized carbons (Fsp3) is 0.312. The summed E-state index contributed by atoms with van der Waals surface area (Å²) >= 11 is 0. The van der Waals surface area contributed by atoms with Crippen molar-refractivity contribution in [2.45, 2.75) is 56.3 Å². The number of hydrogen-bond acceptors (Lipinski definition) is 6. The van der Waals surface area contributed by atoms with Crippen molar-refractivity contribution in [3.63, 3.8) is 0 Å². The third-order valence-corrected chi connectivity index (χ3v) is 8.54. The van der Waals surface area contributed by atoms with Gasteiger partial charge in [0.15, 0.2) is 0 Å². The molecular weight excluding hydrogens is 554 g/mol. The molecule has 4 unspecified atom stereocenters. The Labute approximate surface area is 247 Å². The molecule has 0 aromatic heterocycles. The zero-order valence-electron chi connectivity index (χ0n) is 23.7. The molecule has 1 aliphatic carbocycles. The van der Waals surface area contributed by atoms with E-state index in [0.717, 1.165) is 16.7 Å². The Morgan fingerprint density at radius 2 is 1.67 bits per heavy atom. The Morgan fingerprint density at radius 3 is 2.33 bits per heavy atom. The predicted octanol–water partition coefficient (Wildman–Crippen LogP) is 3.87. The number of amides is 2. The van der Waals surface area contributed by atoms with Gasteiger partial charge in [-0.25, -0.2) is 13.1 Å². The van der Waals surface area contributed by atoms with E-state index >= 15 is 0 Å². The van der Waals surface area contributed by atoms with E-state index < -0.39 is 34.2 Å². The minimum atomic E-state index is -3.92. The number of aliphatic hydroxyl groups is 1. The SMILES string of the molecule is C=C(C)OC(CNS(=O)(=O)c1ccc(NC(C)=O)cc1)CC(Cc1ccccc1)C(=O)NC1c2ccccc2CC1O. The van der Waals surface area contributed by atoms with Crippen LogP contribution in [0, 0.1) is 5.92 Å². The van der Waals surface area contributed by atoms with E-state index in [-0.39, 0.29) is 29.7 Å². The second-order valence-corrected chi connectivity index (χ2v) is 12.3. The van der Waals surface area contributed by atoms with Crippen LogP contribution in [-0.2, 0) is 37.2 Å². The lowest BCUT2D eigenvalue weighted by Crippen LogP contribution is -2.41. The molecule has 10 heteroatoms. The molecule has 4 rings (SSSR count). The van der Waals surface area contributed by atoms with E-state index in [1.54, 1.807) is 6.92 Å². The fourth-order valence-electron chi connectivity index (χ4n) is 5.18. The highest BCUT2D eigenvalue weighted by atomic mass is 32.2. The number of carbonyl (C=O) groups is 2. The second kappa shape index (κ2) is 13.8. The van der Waals surface area contributed by atoms with Crippen LogP contribution >= 0.6 is 0 Å². The molecule has 4 atom stereocenters. The molecule has 2 amide bonds. The molecule has 0 heterocycles. The highest BCUT2D eigenvalue weighted by Crippen LogP contribution is 2.32. The molecular formula is C32H37N3O6S. The van der Waals surface area contributed by atoms with Gasteiger partial charge in [-0.05, 0) is 60.7 Å². The van der Waals surface area contributed by atoms with Crippen molar-refractivity contribution in [3.8, 4) is 0 Å². The summed E-state index contributed by atoms with van der Waals surface area (Å²) in [5.74, 6) is -0.716. The van der Waals surface area contributed by atoms with Crippen LogP contribution in [-0.4, -0.2) is 44.1 Å². The van der Waals surface area contributed by atoms with E-state index in [1.165, 1.54) is 31.2 Å². The third kappa shape index (κ3) is 8.28. The number of hydrogen-bond donors (Lipinski definition) is 4. The summed E-state index contributed by atoms with van der Waals surface area (Å²) in [5.41, 5.74) is 3.32. The molecule has 0 bridgehead atoms. The Hall–Kier alpha value is -3.99. The van der Waals surface area contributed by atoms with E-state index in [4.69, 9.17) is 4.74 Å². The molecule has 0 saturated carbocycles. The van der Waals surface area contributed by atoms with Gasteiger partial charge in [0.05, 0.1) is 22.8 Å². The van der Waals surface area contributed by atoms with Gasteiger partial charge in [-0.1, -0.05) is 61.2 Å². The average molecular weight is 592 g/mol. The van der Waals surface area contributed by atoms with Crippen LogP contribution in [0.25, 0.3) is 0 Å². The molecule has 42 heavy (non-hydrogen) atoms. The lowest BCUT2D eigenvalue weighted by Gasteiger charge is -2.27. The zero-order valence-corrected chi connectivity index (χ0v) is 24.6. The van der Waals surface area contributed by atoms with Crippen LogP contribution in [0.4, 0.5) is 5.69 Å². The molecule has 3 aromatic carbocycles. The molecule has 0 spiro atoms. The zero-order chi connectivity index (χ0) is 30.3. The van der Waals surface area contributed by atoms with Crippen molar-refractivity contribution in [3.05, 3.63) is 108 Å². The van der Waals surface area contributed by atoms with Crippen LogP contribution < -0.4 is 15.4 Å². The van der Waals surface area contributed by atoms with Gasteiger partial charge in [0, 0.05) is 31.5 Å². The van der Waals surface area contributed by atoms with E-state index in [9.17, 15) is 23.1 Å². The molecule has 4 N–H and O–H groups in total. The summed E-state index contributed by atoms with van der Waals surface area (Å²) in [6.45, 7) is 6.75. The maximum atomic E-state index is 13.7.